The van der Waals surface area contributed by atoms with Gasteiger partial charge < -0.3 is 24.4 Å². The second kappa shape index (κ2) is 9.43. The molecule has 1 aliphatic heterocycles. The molecule has 2 amide bonds. The lowest BCUT2D eigenvalue weighted by molar-refractivity contribution is -0.0441. The monoisotopic (exact) mass is 364 g/mol. The zero-order valence-electron chi connectivity index (χ0n) is 15.7. The summed E-state index contributed by atoms with van der Waals surface area (Å²) in [5, 5.41) is 2.71. The number of carbonyl (C=O) groups excluding carboxylic acids is 2. The molecule has 1 saturated heterocycles. The number of alkyl carbamates (subject to hydrolysis) is 1. The molecule has 0 bridgehead atoms. The maximum Gasteiger partial charge on any atom is 0.410 e. The number of nitrogens with one attached hydrogen (secondary N) is 1. The van der Waals surface area contributed by atoms with Gasteiger partial charge in [-0.2, -0.15) is 0 Å². The van der Waals surface area contributed by atoms with E-state index in [1.165, 1.54) is 0 Å². The van der Waals surface area contributed by atoms with Gasteiger partial charge in [0, 0.05) is 13.1 Å². The van der Waals surface area contributed by atoms with Gasteiger partial charge in [-0.3, -0.25) is 0 Å². The summed E-state index contributed by atoms with van der Waals surface area (Å²) in [5.74, 6) is 0. The summed E-state index contributed by atoms with van der Waals surface area (Å²) in [6.07, 6.45) is -0.333. The normalized spacial score (nSPS) is 17.5. The number of rotatable bonds is 5. The van der Waals surface area contributed by atoms with Gasteiger partial charge in [-0.25, -0.2) is 9.59 Å². The molecule has 0 aromatic heterocycles. The molecule has 1 heterocycles. The van der Waals surface area contributed by atoms with Crippen molar-refractivity contribution in [2.24, 2.45) is 0 Å². The smallest absolute Gasteiger partial charge is 0.410 e. The van der Waals surface area contributed by atoms with Crippen LogP contribution in [0.1, 0.15) is 32.8 Å². The highest BCUT2D eigenvalue weighted by Crippen LogP contribution is 2.14. The molecule has 0 aliphatic carbocycles. The van der Waals surface area contributed by atoms with Gasteiger partial charge in [0.15, 0.2) is 0 Å². The van der Waals surface area contributed by atoms with Crippen molar-refractivity contribution in [1.82, 2.24) is 10.2 Å². The Morgan fingerprint density at radius 2 is 2.00 bits per heavy atom. The van der Waals surface area contributed by atoms with Crippen LogP contribution in [0, 0.1) is 0 Å². The summed E-state index contributed by atoms with van der Waals surface area (Å²) in [5.41, 5.74) is 0.417. The topological polar surface area (TPSA) is 77.1 Å². The zero-order chi connectivity index (χ0) is 19.0. The molecule has 1 aromatic carbocycles. The van der Waals surface area contributed by atoms with Crippen molar-refractivity contribution < 1.29 is 23.8 Å². The van der Waals surface area contributed by atoms with Crippen LogP contribution in [0.2, 0.25) is 0 Å². The number of hydrogen-bond acceptors (Lipinski definition) is 5. The van der Waals surface area contributed by atoms with Crippen LogP contribution < -0.4 is 5.32 Å². The fraction of sp³-hybridized carbons (Fsp3) is 0.579. The van der Waals surface area contributed by atoms with E-state index in [0.29, 0.717) is 32.7 Å². The van der Waals surface area contributed by atoms with Gasteiger partial charge in [-0.1, -0.05) is 30.3 Å². The summed E-state index contributed by atoms with van der Waals surface area (Å²) in [7, 11) is 0. The van der Waals surface area contributed by atoms with Crippen LogP contribution in [0.5, 0.6) is 0 Å². The Kier molecular flexibility index (Phi) is 7.26. The number of amides is 2. The van der Waals surface area contributed by atoms with Gasteiger partial charge in [0.25, 0.3) is 0 Å². The highest BCUT2D eigenvalue weighted by atomic mass is 16.6. The number of hydrogen-bond donors (Lipinski definition) is 1. The van der Waals surface area contributed by atoms with E-state index in [0.717, 1.165) is 5.56 Å². The third-order valence-corrected chi connectivity index (χ3v) is 3.74. The molecule has 0 saturated carbocycles. The van der Waals surface area contributed by atoms with Crippen molar-refractivity contribution in [2.75, 3.05) is 26.2 Å². The average Bonchev–Trinajstić information content (AvgIpc) is 2.60. The third kappa shape index (κ3) is 7.31. The van der Waals surface area contributed by atoms with Crippen LogP contribution >= 0.6 is 0 Å². The number of carbonyl (C=O) groups is 2. The Balaban J connectivity index is 1.65. The molecule has 1 fully saturated rings. The minimum absolute atomic E-state index is 0.134. The molecule has 7 nitrogen and oxygen atoms in total. The molecule has 0 radical (unpaired) electrons. The molecular formula is C19H28N2O5. The van der Waals surface area contributed by atoms with Crippen LogP contribution in [0.15, 0.2) is 30.3 Å². The largest absolute Gasteiger partial charge is 0.445 e. The van der Waals surface area contributed by atoms with E-state index in [1.54, 1.807) is 4.90 Å². The lowest BCUT2D eigenvalue weighted by atomic mass is 10.2. The number of morpholine rings is 1. The highest BCUT2D eigenvalue weighted by Gasteiger charge is 2.27. The fourth-order valence-corrected chi connectivity index (χ4v) is 2.50. The molecule has 1 aliphatic rings. The highest BCUT2D eigenvalue weighted by molar-refractivity contribution is 5.68. The van der Waals surface area contributed by atoms with Crippen LogP contribution in [0.4, 0.5) is 9.59 Å². The molecule has 1 aromatic rings. The summed E-state index contributed by atoms with van der Waals surface area (Å²) >= 11 is 0. The van der Waals surface area contributed by atoms with E-state index in [1.807, 2.05) is 51.1 Å². The molecule has 2 rings (SSSR count). The molecule has 1 atom stereocenters. The minimum atomic E-state index is -0.519. The van der Waals surface area contributed by atoms with Crippen LogP contribution in [0.3, 0.4) is 0 Å². The van der Waals surface area contributed by atoms with Crippen molar-refractivity contribution in [1.29, 1.82) is 0 Å². The SMILES string of the molecule is CC(C)(C)OC(=O)N1CCO[C@@H](CCNC(=O)OCc2ccccc2)C1. The van der Waals surface area contributed by atoms with Crippen LogP contribution in [-0.2, 0) is 20.8 Å². The van der Waals surface area contributed by atoms with Crippen molar-refractivity contribution >= 4 is 12.2 Å². The lowest BCUT2D eigenvalue weighted by Gasteiger charge is -2.34. The first-order valence-corrected chi connectivity index (χ1v) is 8.87. The fourth-order valence-electron chi connectivity index (χ4n) is 2.50. The molecule has 7 heteroatoms. The number of ether oxygens (including phenoxy) is 3. The predicted octanol–water partition coefficient (Wildman–Crippen LogP) is 2.94. The van der Waals surface area contributed by atoms with E-state index < -0.39 is 11.7 Å². The van der Waals surface area contributed by atoms with Crippen molar-refractivity contribution in [2.45, 2.75) is 45.5 Å². The van der Waals surface area contributed by atoms with Crippen LogP contribution in [0.25, 0.3) is 0 Å². The number of nitrogens with zero attached hydrogens (tertiary/aromatic N) is 1. The Bertz CT molecular complexity index is 585. The second-order valence-corrected chi connectivity index (χ2v) is 7.20. The molecular weight excluding hydrogens is 336 g/mol. The first-order chi connectivity index (χ1) is 12.3. The summed E-state index contributed by atoms with van der Waals surface area (Å²) in [6, 6.07) is 9.50. The summed E-state index contributed by atoms with van der Waals surface area (Å²) in [6.45, 7) is 7.60. The lowest BCUT2D eigenvalue weighted by Crippen LogP contribution is -2.48. The Morgan fingerprint density at radius 1 is 1.27 bits per heavy atom. The summed E-state index contributed by atoms with van der Waals surface area (Å²) < 4.78 is 16.2. The van der Waals surface area contributed by atoms with Crippen molar-refractivity contribution in [3.05, 3.63) is 35.9 Å². The summed E-state index contributed by atoms with van der Waals surface area (Å²) in [4.78, 5) is 25.5. The van der Waals surface area contributed by atoms with Gasteiger partial charge >= 0.3 is 12.2 Å². The van der Waals surface area contributed by atoms with Gasteiger partial charge in [0.2, 0.25) is 0 Å². The maximum atomic E-state index is 12.1. The van der Waals surface area contributed by atoms with E-state index in [2.05, 4.69) is 5.32 Å². The first kappa shape index (κ1) is 20.0. The van der Waals surface area contributed by atoms with Crippen molar-refractivity contribution in [3.63, 3.8) is 0 Å². The van der Waals surface area contributed by atoms with E-state index >= 15 is 0 Å². The predicted molar refractivity (Wildman–Crippen MR) is 96.8 cm³/mol. The molecule has 26 heavy (non-hydrogen) atoms. The standard InChI is InChI=1S/C19H28N2O5/c1-19(2,3)26-18(23)21-11-12-24-16(13-21)9-10-20-17(22)25-14-15-7-5-4-6-8-15/h4-8,16H,9-14H2,1-3H3,(H,20,22)/t16-/m0/s1. The molecule has 0 unspecified atom stereocenters. The zero-order valence-corrected chi connectivity index (χ0v) is 15.7. The van der Waals surface area contributed by atoms with E-state index in [9.17, 15) is 9.59 Å². The maximum absolute atomic E-state index is 12.1. The Hall–Kier alpha value is -2.28. The van der Waals surface area contributed by atoms with E-state index in [-0.39, 0.29) is 18.8 Å². The number of benzene rings is 1. The third-order valence-electron chi connectivity index (χ3n) is 3.74. The minimum Gasteiger partial charge on any atom is -0.445 e. The van der Waals surface area contributed by atoms with Crippen molar-refractivity contribution in [3.8, 4) is 0 Å². The van der Waals surface area contributed by atoms with Gasteiger partial charge in [-0.15, -0.1) is 0 Å². The quantitative estimate of drug-likeness (QED) is 0.869. The van der Waals surface area contributed by atoms with Gasteiger partial charge in [-0.05, 0) is 32.8 Å². The molecule has 0 spiro atoms. The molecule has 144 valence electrons. The van der Waals surface area contributed by atoms with E-state index in [4.69, 9.17) is 14.2 Å². The Morgan fingerprint density at radius 3 is 2.69 bits per heavy atom. The second-order valence-electron chi connectivity index (χ2n) is 7.20. The molecule has 1 N–H and O–H groups in total. The van der Waals surface area contributed by atoms with Gasteiger partial charge in [0.1, 0.15) is 12.2 Å². The van der Waals surface area contributed by atoms with Gasteiger partial charge in [0.05, 0.1) is 19.3 Å². The Labute approximate surface area is 154 Å². The first-order valence-electron chi connectivity index (χ1n) is 8.87. The average molecular weight is 364 g/mol. The van der Waals surface area contributed by atoms with Crippen LogP contribution in [-0.4, -0.2) is 55.0 Å².